The van der Waals surface area contributed by atoms with Crippen LogP contribution in [0, 0.1) is 45.3 Å². The van der Waals surface area contributed by atoms with Crippen molar-refractivity contribution in [3.05, 3.63) is 78.5 Å². The Morgan fingerprint density at radius 3 is 1.11 bits per heavy atom. The fourth-order valence-corrected chi connectivity index (χ4v) is 13.8. The van der Waals surface area contributed by atoms with Gasteiger partial charge >= 0.3 is 0 Å². The molecule has 282 valence electrons. The largest absolute Gasteiger partial charge is 0.192 e. The second kappa shape index (κ2) is 20.2. The van der Waals surface area contributed by atoms with Crippen LogP contribution in [0.2, 0.25) is 0 Å². The number of nitrogens with zero attached hydrogens (tertiary/aromatic N) is 4. The Labute approximate surface area is 348 Å². The predicted octanol–water partition coefficient (Wildman–Crippen LogP) is 15.2. The van der Waals surface area contributed by atoms with E-state index in [1.807, 2.05) is 34.0 Å². The van der Waals surface area contributed by atoms with Crippen LogP contribution in [-0.4, -0.2) is 0 Å². The quantitative estimate of drug-likeness (QED) is 0.0823. The van der Waals surface area contributed by atoms with E-state index in [2.05, 4.69) is 90.1 Å². The molecular formula is C46H48N4S5. The molecule has 5 rings (SSSR count). The molecule has 0 aliphatic rings. The third-order valence-corrected chi connectivity index (χ3v) is 16.1. The summed E-state index contributed by atoms with van der Waals surface area (Å²) in [6.45, 7) is 13.3. The van der Waals surface area contributed by atoms with Crippen LogP contribution in [0.25, 0.3) is 51.2 Å². The molecule has 0 aromatic carbocycles. The number of allylic oxidation sites excluding steroid dienone is 2. The highest BCUT2D eigenvalue weighted by molar-refractivity contribution is 7.30. The number of rotatable bonds is 18. The Kier molecular flexibility index (Phi) is 15.5. The SMILES string of the molecule is CCCc1cc(-c2sc(C=C(C#N)C#N)c(CCC)c2CCC)sc1-c1ccc(-c2sc(-c3sc(C=C(C#N)C#N)c(CCC)c3CCC)cc2CCC)s1. The van der Waals surface area contributed by atoms with Crippen molar-refractivity contribution in [2.45, 2.75) is 119 Å². The molecule has 0 radical (unpaired) electrons. The molecule has 0 spiro atoms. The number of hydrogen-bond acceptors (Lipinski definition) is 9. The normalized spacial score (nSPS) is 10.8. The average molecular weight is 817 g/mol. The van der Waals surface area contributed by atoms with Crippen LogP contribution in [-0.2, 0) is 38.5 Å². The van der Waals surface area contributed by atoms with Crippen molar-refractivity contribution in [3.8, 4) is 63.3 Å². The lowest BCUT2D eigenvalue weighted by Crippen LogP contribution is -1.93. The molecule has 0 saturated carbocycles. The zero-order valence-electron chi connectivity index (χ0n) is 32.8. The van der Waals surface area contributed by atoms with Crippen molar-refractivity contribution in [2.24, 2.45) is 0 Å². The number of aryl methyl sites for hydroxylation is 2. The fourth-order valence-electron chi connectivity index (χ4n) is 7.18. The van der Waals surface area contributed by atoms with Crippen LogP contribution in [0.4, 0.5) is 0 Å². The molecule has 0 saturated heterocycles. The second-order valence-corrected chi connectivity index (χ2v) is 19.0. The van der Waals surface area contributed by atoms with Gasteiger partial charge in [-0.25, -0.2) is 0 Å². The maximum Gasteiger partial charge on any atom is 0.131 e. The lowest BCUT2D eigenvalue weighted by Gasteiger charge is -2.05. The van der Waals surface area contributed by atoms with Crippen LogP contribution in [0.5, 0.6) is 0 Å². The third-order valence-electron chi connectivity index (χ3n) is 9.49. The van der Waals surface area contributed by atoms with Gasteiger partial charge in [-0.1, -0.05) is 80.1 Å². The van der Waals surface area contributed by atoms with Crippen molar-refractivity contribution < 1.29 is 0 Å². The summed E-state index contributed by atoms with van der Waals surface area (Å²) < 4.78 is 0. The lowest BCUT2D eigenvalue weighted by molar-refractivity contribution is 0.869. The fraction of sp³-hybridized carbons (Fsp3) is 0.391. The Bertz CT molecular complexity index is 2160. The van der Waals surface area contributed by atoms with Crippen LogP contribution >= 0.6 is 56.7 Å². The number of thiophene rings is 5. The molecule has 0 aliphatic carbocycles. The monoisotopic (exact) mass is 816 g/mol. The standard InChI is InChI=1S/C46H48N4S5/c1-7-13-31-23-41(45-35(17-11-5)33(15-9-3)39(52-45)21-29(25-47)26-48)54-43(31)37-19-20-38(51-37)44-32(14-8-2)24-42(55-44)46-36(18-12-6)34(16-10-4)40(53-46)22-30(27-49)28-50/h19-24H,7-18H2,1-6H3. The zero-order chi connectivity index (χ0) is 39.5. The molecule has 5 aromatic heterocycles. The molecule has 0 bridgehead atoms. The highest BCUT2D eigenvalue weighted by Crippen LogP contribution is 2.51. The molecule has 55 heavy (non-hydrogen) atoms. The summed E-state index contributed by atoms with van der Waals surface area (Å²) in [5, 5.41) is 38.3. The van der Waals surface area contributed by atoms with Crippen molar-refractivity contribution >= 4 is 68.8 Å². The zero-order valence-corrected chi connectivity index (χ0v) is 36.9. The topological polar surface area (TPSA) is 95.2 Å². The summed E-state index contributed by atoms with van der Waals surface area (Å²) >= 11 is 9.16. The van der Waals surface area contributed by atoms with Gasteiger partial charge in [0.25, 0.3) is 0 Å². The highest BCUT2D eigenvalue weighted by Gasteiger charge is 2.24. The van der Waals surface area contributed by atoms with Gasteiger partial charge in [0.2, 0.25) is 0 Å². The molecule has 0 unspecified atom stereocenters. The van der Waals surface area contributed by atoms with Gasteiger partial charge in [-0.15, -0.1) is 56.7 Å². The van der Waals surface area contributed by atoms with Crippen molar-refractivity contribution in [2.75, 3.05) is 0 Å². The van der Waals surface area contributed by atoms with Crippen molar-refractivity contribution in [1.29, 1.82) is 21.0 Å². The van der Waals surface area contributed by atoms with E-state index in [1.165, 1.54) is 72.4 Å². The summed E-state index contributed by atoms with van der Waals surface area (Å²) in [6.07, 6.45) is 15.7. The van der Waals surface area contributed by atoms with Gasteiger partial charge in [0.15, 0.2) is 0 Å². The van der Waals surface area contributed by atoms with Crippen molar-refractivity contribution in [3.63, 3.8) is 0 Å². The predicted molar refractivity (Wildman–Crippen MR) is 240 cm³/mol. The minimum absolute atomic E-state index is 0.156. The van der Waals surface area contributed by atoms with E-state index >= 15 is 0 Å². The summed E-state index contributed by atoms with van der Waals surface area (Å²) in [4.78, 5) is 12.5. The van der Waals surface area contributed by atoms with E-state index < -0.39 is 0 Å². The van der Waals surface area contributed by atoms with Crippen LogP contribution in [0.3, 0.4) is 0 Å². The van der Waals surface area contributed by atoms with E-state index in [4.69, 9.17) is 0 Å². The molecular weight excluding hydrogens is 769 g/mol. The van der Waals surface area contributed by atoms with Gasteiger partial charge in [-0.05, 0) is 108 Å². The van der Waals surface area contributed by atoms with E-state index in [1.54, 1.807) is 34.8 Å². The minimum Gasteiger partial charge on any atom is -0.192 e. The summed E-state index contributed by atoms with van der Waals surface area (Å²) in [5.74, 6) is 0. The van der Waals surface area contributed by atoms with E-state index in [-0.39, 0.29) is 11.1 Å². The molecule has 0 N–H and O–H groups in total. The molecule has 5 heterocycles. The van der Waals surface area contributed by atoms with E-state index in [9.17, 15) is 21.0 Å². The average Bonchev–Trinajstić information content (AvgIpc) is 4.03. The van der Waals surface area contributed by atoms with Crippen LogP contribution < -0.4 is 0 Å². The first-order valence-corrected chi connectivity index (χ1v) is 23.6. The summed E-state index contributed by atoms with van der Waals surface area (Å²) in [7, 11) is 0. The van der Waals surface area contributed by atoms with Crippen molar-refractivity contribution in [1.82, 2.24) is 0 Å². The van der Waals surface area contributed by atoms with Gasteiger partial charge < -0.3 is 0 Å². The van der Waals surface area contributed by atoms with Gasteiger partial charge in [0.1, 0.15) is 35.4 Å². The third kappa shape index (κ3) is 9.33. The Morgan fingerprint density at radius 2 is 0.782 bits per heavy atom. The van der Waals surface area contributed by atoms with E-state index in [0.29, 0.717) is 0 Å². The van der Waals surface area contributed by atoms with Gasteiger partial charge in [0, 0.05) is 48.8 Å². The van der Waals surface area contributed by atoms with Crippen LogP contribution in [0.15, 0.2) is 35.4 Å². The van der Waals surface area contributed by atoms with Gasteiger partial charge in [-0.2, -0.15) is 21.0 Å². The summed E-state index contributed by atoms with van der Waals surface area (Å²) in [5.41, 5.74) is 8.43. The van der Waals surface area contributed by atoms with E-state index in [0.717, 1.165) is 86.8 Å². The molecule has 0 fully saturated rings. The molecule has 0 aliphatic heterocycles. The molecule has 4 nitrogen and oxygen atoms in total. The Hall–Kier alpha value is -4.06. The van der Waals surface area contributed by atoms with Crippen LogP contribution in [0.1, 0.15) is 123 Å². The number of hydrogen-bond donors (Lipinski definition) is 0. The molecule has 9 heteroatoms. The lowest BCUT2D eigenvalue weighted by atomic mass is 9.98. The Balaban J connectivity index is 1.62. The maximum absolute atomic E-state index is 9.58. The summed E-state index contributed by atoms with van der Waals surface area (Å²) in [6, 6.07) is 17.8. The van der Waals surface area contributed by atoms with Gasteiger partial charge in [-0.3, -0.25) is 0 Å². The Morgan fingerprint density at radius 1 is 0.436 bits per heavy atom. The first-order chi connectivity index (χ1) is 26.8. The molecule has 5 aromatic rings. The first-order valence-electron chi connectivity index (χ1n) is 19.5. The minimum atomic E-state index is 0.156. The first kappa shape index (κ1) is 42.1. The maximum atomic E-state index is 9.58. The molecule has 0 atom stereocenters. The van der Waals surface area contributed by atoms with Gasteiger partial charge in [0.05, 0.1) is 0 Å². The molecule has 0 amide bonds. The highest BCUT2D eigenvalue weighted by atomic mass is 32.1. The smallest absolute Gasteiger partial charge is 0.131 e. The second-order valence-electron chi connectivity index (χ2n) is 13.7. The number of nitriles is 4.